The Morgan fingerprint density at radius 3 is 2.37 bits per heavy atom. The number of halogens is 1. The van der Waals surface area contributed by atoms with Crippen molar-refractivity contribution in [2.45, 2.75) is 32.9 Å². The van der Waals surface area contributed by atoms with E-state index in [2.05, 4.69) is 0 Å². The minimum absolute atomic E-state index is 0.0149. The zero-order valence-electron chi connectivity index (χ0n) is 11.5. The lowest BCUT2D eigenvalue weighted by atomic mass is 10.2. The van der Waals surface area contributed by atoms with Gasteiger partial charge in [-0.3, -0.25) is 4.79 Å². The van der Waals surface area contributed by atoms with Gasteiger partial charge in [0.1, 0.15) is 11.6 Å². The highest BCUT2D eigenvalue weighted by Crippen LogP contribution is 2.11. The van der Waals surface area contributed by atoms with Crippen LogP contribution in [0.2, 0.25) is 0 Å². The van der Waals surface area contributed by atoms with E-state index in [0.29, 0.717) is 5.75 Å². The van der Waals surface area contributed by atoms with Crippen molar-refractivity contribution >= 4 is 5.91 Å². The van der Waals surface area contributed by atoms with Gasteiger partial charge >= 0.3 is 0 Å². The summed E-state index contributed by atoms with van der Waals surface area (Å²) in [4.78, 5) is 13.5. The van der Waals surface area contributed by atoms with E-state index in [1.807, 2.05) is 13.8 Å². The van der Waals surface area contributed by atoms with Crippen molar-refractivity contribution in [1.29, 1.82) is 0 Å². The van der Waals surface area contributed by atoms with Crippen LogP contribution in [0.15, 0.2) is 24.3 Å². The number of nitrogens with zero attached hydrogens (tertiary/aromatic N) is 1. The summed E-state index contributed by atoms with van der Waals surface area (Å²) in [5.74, 6) is -0.118. The molecule has 1 aromatic rings. The Morgan fingerprint density at radius 2 is 1.89 bits per heavy atom. The third kappa shape index (κ3) is 5.26. The molecule has 5 heteroatoms. The molecule has 1 aromatic carbocycles. The summed E-state index contributed by atoms with van der Waals surface area (Å²) in [6.45, 7) is 5.51. The van der Waals surface area contributed by atoms with E-state index in [4.69, 9.17) is 4.74 Å². The minimum Gasteiger partial charge on any atom is -0.484 e. The number of amides is 1. The zero-order valence-corrected chi connectivity index (χ0v) is 11.5. The van der Waals surface area contributed by atoms with Gasteiger partial charge in [-0.2, -0.15) is 0 Å². The van der Waals surface area contributed by atoms with E-state index >= 15 is 0 Å². The van der Waals surface area contributed by atoms with Crippen molar-refractivity contribution in [3.63, 3.8) is 0 Å². The molecule has 0 saturated heterocycles. The normalized spacial score (nSPS) is 12.3. The summed E-state index contributed by atoms with van der Waals surface area (Å²) < 4.78 is 18.0. The van der Waals surface area contributed by atoms with Crippen molar-refractivity contribution in [1.82, 2.24) is 4.90 Å². The van der Waals surface area contributed by atoms with Gasteiger partial charge < -0.3 is 14.7 Å². The molecule has 19 heavy (non-hydrogen) atoms. The van der Waals surface area contributed by atoms with Crippen LogP contribution in [0.3, 0.4) is 0 Å². The molecule has 0 saturated carbocycles. The number of carbonyl (C=O) groups is 1. The second-order valence-corrected chi connectivity index (χ2v) is 4.73. The van der Waals surface area contributed by atoms with Crippen LogP contribution in [0.5, 0.6) is 5.75 Å². The van der Waals surface area contributed by atoms with E-state index in [1.54, 1.807) is 11.8 Å². The highest BCUT2D eigenvalue weighted by Gasteiger charge is 2.19. The van der Waals surface area contributed by atoms with Gasteiger partial charge in [-0.25, -0.2) is 4.39 Å². The number of aliphatic hydroxyl groups is 1. The maximum absolute atomic E-state index is 12.7. The summed E-state index contributed by atoms with van der Waals surface area (Å²) in [7, 11) is 0. The average Bonchev–Trinajstić information content (AvgIpc) is 2.34. The maximum Gasteiger partial charge on any atom is 0.260 e. The Morgan fingerprint density at radius 1 is 1.32 bits per heavy atom. The van der Waals surface area contributed by atoms with Gasteiger partial charge in [0, 0.05) is 12.6 Å². The Kier molecular flexibility index (Phi) is 5.76. The van der Waals surface area contributed by atoms with E-state index in [-0.39, 0.29) is 30.9 Å². The molecule has 1 unspecified atom stereocenters. The van der Waals surface area contributed by atoms with Crippen LogP contribution < -0.4 is 4.74 Å². The molecule has 0 fully saturated rings. The van der Waals surface area contributed by atoms with Crippen molar-refractivity contribution in [3.8, 4) is 5.75 Å². The first kappa shape index (κ1) is 15.4. The number of benzene rings is 1. The molecule has 0 bridgehead atoms. The fourth-order valence-electron chi connectivity index (χ4n) is 1.64. The molecule has 1 rings (SSSR count). The first-order valence-corrected chi connectivity index (χ1v) is 6.26. The Bertz CT molecular complexity index is 404. The molecule has 0 aliphatic rings. The highest BCUT2D eigenvalue weighted by molar-refractivity contribution is 5.78. The highest BCUT2D eigenvalue weighted by atomic mass is 19.1. The Hall–Kier alpha value is -1.62. The van der Waals surface area contributed by atoms with Crippen LogP contribution in [-0.4, -0.2) is 41.2 Å². The predicted molar refractivity (Wildman–Crippen MR) is 70.4 cm³/mol. The summed E-state index contributed by atoms with van der Waals surface area (Å²) in [6.07, 6.45) is -0.586. The largest absolute Gasteiger partial charge is 0.484 e. The monoisotopic (exact) mass is 269 g/mol. The molecule has 4 nitrogen and oxygen atoms in total. The molecular weight excluding hydrogens is 249 g/mol. The summed E-state index contributed by atoms with van der Waals surface area (Å²) >= 11 is 0. The van der Waals surface area contributed by atoms with Gasteiger partial charge in [-0.05, 0) is 45.0 Å². The van der Waals surface area contributed by atoms with Crippen molar-refractivity contribution in [2.24, 2.45) is 0 Å². The van der Waals surface area contributed by atoms with Crippen LogP contribution >= 0.6 is 0 Å². The first-order valence-electron chi connectivity index (χ1n) is 6.26. The van der Waals surface area contributed by atoms with Crippen LogP contribution in [0.1, 0.15) is 20.8 Å². The van der Waals surface area contributed by atoms with Crippen molar-refractivity contribution in [3.05, 3.63) is 30.1 Å². The molecule has 0 aliphatic carbocycles. The quantitative estimate of drug-likeness (QED) is 0.857. The van der Waals surface area contributed by atoms with Crippen LogP contribution in [-0.2, 0) is 4.79 Å². The molecule has 1 atom stereocenters. The molecule has 1 amide bonds. The average molecular weight is 269 g/mol. The Labute approximate surface area is 112 Å². The third-order valence-electron chi connectivity index (χ3n) is 2.58. The summed E-state index contributed by atoms with van der Waals surface area (Å²) in [6, 6.07) is 5.47. The SMILES string of the molecule is CC(O)CN(C(=O)COc1ccc(F)cc1)C(C)C. The standard InChI is InChI=1S/C14H20FNO3/c1-10(2)16(8-11(3)17)14(18)9-19-13-6-4-12(15)5-7-13/h4-7,10-11,17H,8-9H2,1-3H3. The van der Waals surface area contributed by atoms with E-state index < -0.39 is 6.10 Å². The van der Waals surface area contributed by atoms with Gasteiger partial charge in [0.15, 0.2) is 6.61 Å². The Balaban J connectivity index is 2.54. The smallest absolute Gasteiger partial charge is 0.260 e. The number of hydrogen-bond acceptors (Lipinski definition) is 3. The first-order chi connectivity index (χ1) is 8.90. The van der Waals surface area contributed by atoms with Gasteiger partial charge in [0.05, 0.1) is 6.10 Å². The van der Waals surface area contributed by atoms with Crippen molar-refractivity contribution in [2.75, 3.05) is 13.2 Å². The van der Waals surface area contributed by atoms with Gasteiger partial charge in [0.25, 0.3) is 5.91 Å². The molecular formula is C14H20FNO3. The second-order valence-electron chi connectivity index (χ2n) is 4.73. The molecule has 1 N–H and O–H groups in total. The van der Waals surface area contributed by atoms with E-state index in [0.717, 1.165) is 0 Å². The van der Waals surface area contributed by atoms with E-state index in [1.165, 1.54) is 24.3 Å². The molecule has 106 valence electrons. The van der Waals surface area contributed by atoms with Gasteiger partial charge in [-0.1, -0.05) is 0 Å². The lowest BCUT2D eigenvalue weighted by molar-refractivity contribution is -0.136. The molecule has 0 spiro atoms. The number of hydrogen-bond donors (Lipinski definition) is 1. The lowest BCUT2D eigenvalue weighted by Gasteiger charge is -2.27. The third-order valence-corrected chi connectivity index (χ3v) is 2.58. The molecule has 0 aliphatic heterocycles. The lowest BCUT2D eigenvalue weighted by Crippen LogP contribution is -2.43. The molecule has 0 radical (unpaired) electrons. The second kappa shape index (κ2) is 7.09. The van der Waals surface area contributed by atoms with Crippen molar-refractivity contribution < 1.29 is 19.0 Å². The fraction of sp³-hybridized carbons (Fsp3) is 0.500. The topological polar surface area (TPSA) is 49.8 Å². The zero-order chi connectivity index (χ0) is 14.4. The number of rotatable bonds is 6. The van der Waals surface area contributed by atoms with E-state index in [9.17, 15) is 14.3 Å². The summed E-state index contributed by atoms with van der Waals surface area (Å²) in [5, 5.41) is 9.36. The number of ether oxygens (including phenoxy) is 1. The van der Waals surface area contributed by atoms with Crippen LogP contribution in [0.4, 0.5) is 4.39 Å². The van der Waals surface area contributed by atoms with Crippen LogP contribution in [0, 0.1) is 5.82 Å². The van der Waals surface area contributed by atoms with Crippen LogP contribution in [0.25, 0.3) is 0 Å². The summed E-state index contributed by atoms with van der Waals surface area (Å²) in [5.41, 5.74) is 0. The van der Waals surface area contributed by atoms with Gasteiger partial charge in [-0.15, -0.1) is 0 Å². The minimum atomic E-state index is -0.586. The molecule has 0 heterocycles. The maximum atomic E-state index is 12.7. The number of carbonyl (C=O) groups excluding carboxylic acids is 1. The fourth-order valence-corrected chi connectivity index (χ4v) is 1.64. The van der Waals surface area contributed by atoms with Gasteiger partial charge in [0.2, 0.25) is 0 Å². The molecule has 0 aromatic heterocycles. The number of aliphatic hydroxyl groups excluding tert-OH is 1. The predicted octanol–water partition coefficient (Wildman–Crippen LogP) is 1.82.